The molecular weight excluding hydrogens is 264 g/mol. The van der Waals surface area contributed by atoms with E-state index in [4.69, 9.17) is 21.1 Å². The SMILES string of the molecule is CC(C)Oc1ccc(C(=O)C(C)Cl)cc1OC(C)C. The van der Waals surface area contributed by atoms with Gasteiger partial charge in [0.2, 0.25) is 0 Å². The van der Waals surface area contributed by atoms with Gasteiger partial charge in [-0.1, -0.05) is 0 Å². The molecule has 0 fully saturated rings. The first kappa shape index (κ1) is 15.8. The summed E-state index contributed by atoms with van der Waals surface area (Å²) in [6, 6.07) is 5.16. The summed E-state index contributed by atoms with van der Waals surface area (Å²) in [6.07, 6.45) is 0.0521. The Labute approximate surface area is 119 Å². The molecule has 1 aromatic rings. The van der Waals surface area contributed by atoms with E-state index in [1.807, 2.05) is 27.7 Å². The van der Waals surface area contributed by atoms with Crippen molar-refractivity contribution in [3.63, 3.8) is 0 Å². The van der Waals surface area contributed by atoms with Crippen LogP contribution in [0.25, 0.3) is 0 Å². The van der Waals surface area contributed by atoms with Crippen LogP contribution < -0.4 is 9.47 Å². The maximum atomic E-state index is 11.9. The fraction of sp³-hybridized carbons (Fsp3) is 0.533. The van der Waals surface area contributed by atoms with Crippen LogP contribution in [0, 0.1) is 0 Å². The zero-order valence-corrected chi connectivity index (χ0v) is 12.8. The molecule has 1 unspecified atom stereocenters. The Balaban J connectivity index is 3.10. The van der Waals surface area contributed by atoms with Crippen LogP contribution in [-0.4, -0.2) is 23.4 Å². The van der Waals surface area contributed by atoms with Gasteiger partial charge in [-0.15, -0.1) is 11.6 Å². The minimum absolute atomic E-state index is 0.00768. The fourth-order valence-corrected chi connectivity index (χ4v) is 1.71. The molecule has 0 spiro atoms. The van der Waals surface area contributed by atoms with Crippen molar-refractivity contribution >= 4 is 17.4 Å². The van der Waals surface area contributed by atoms with E-state index < -0.39 is 5.38 Å². The fourth-order valence-electron chi connectivity index (χ4n) is 1.59. The summed E-state index contributed by atoms with van der Waals surface area (Å²) >= 11 is 5.82. The molecule has 0 radical (unpaired) electrons. The average molecular weight is 285 g/mol. The van der Waals surface area contributed by atoms with E-state index in [1.165, 1.54) is 0 Å². The number of alkyl halides is 1. The number of halogens is 1. The molecule has 106 valence electrons. The van der Waals surface area contributed by atoms with Crippen molar-refractivity contribution in [3.8, 4) is 11.5 Å². The summed E-state index contributed by atoms with van der Waals surface area (Å²) in [7, 11) is 0. The van der Waals surface area contributed by atoms with E-state index in [1.54, 1.807) is 25.1 Å². The number of ketones is 1. The van der Waals surface area contributed by atoms with Gasteiger partial charge in [0, 0.05) is 5.56 Å². The zero-order valence-electron chi connectivity index (χ0n) is 12.1. The molecule has 1 rings (SSSR count). The first-order valence-corrected chi connectivity index (χ1v) is 6.90. The van der Waals surface area contributed by atoms with Crippen LogP contribution in [0.5, 0.6) is 11.5 Å². The Hall–Kier alpha value is -1.22. The summed E-state index contributed by atoms with van der Waals surface area (Å²) < 4.78 is 11.4. The van der Waals surface area contributed by atoms with Crippen LogP contribution >= 0.6 is 11.6 Å². The summed E-state index contributed by atoms with van der Waals surface area (Å²) in [6.45, 7) is 9.40. The van der Waals surface area contributed by atoms with Crippen LogP contribution in [-0.2, 0) is 0 Å². The summed E-state index contributed by atoms with van der Waals surface area (Å²) in [5, 5.41) is -0.552. The first-order valence-electron chi connectivity index (χ1n) is 6.47. The quantitative estimate of drug-likeness (QED) is 0.583. The highest BCUT2D eigenvalue weighted by molar-refractivity contribution is 6.33. The molecule has 0 heterocycles. The molecule has 19 heavy (non-hydrogen) atoms. The van der Waals surface area contributed by atoms with Crippen LogP contribution in [0.4, 0.5) is 0 Å². The van der Waals surface area contributed by atoms with Crippen molar-refractivity contribution in [2.45, 2.75) is 52.2 Å². The molecule has 3 nitrogen and oxygen atoms in total. The van der Waals surface area contributed by atoms with Crippen LogP contribution in [0.3, 0.4) is 0 Å². The van der Waals surface area contributed by atoms with E-state index in [9.17, 15) is 4.79 Å². The molecule has 0 saturated heterocycles. The van der Waals surface area contributed by atoms with Crippen LogP contribution in [0.2, 0.25) is 0 Å². The predicted molar refractivity (Wildman–Crippen MR) is 77.6 cm³/mol. The molecule has 0 saturated carbocycles. The number of hydrogen-bond acceptors (Lipinski definition) is 3. The average Bonchev–Trinajstić information content (AvgIpc) is 2.29. The number of Topliss-reactive ketones (excluding diaryl/α,β-unsaturated/α-hetero) is 1. The number of ether oxygens (including phenoxy) is 2. The Morgan fingerprint density at radius 1 is 1.00 bits per heavy atom. The Morgan fingerprint density at radius 3 is 2.00 bits per heavy atom. The third kappa shape index (κ3) is 4.75. The predicted octanol–water partition coefficient (Wildman–Crippen LogP) is 4.07. The smallest absolute Gasteiger partial charge is 0.180 e. The van der Waals surface area contributed by atoms with Crippen molar-refractivity contribution in [1.29, 1.82) is 0 Å². The third-order valence-corrected chi connectivity index (χ3v) is 2.51. The van der Waals surface area contributed by atoms with Gasteiger partial charge < -0.3 is 9.47 Å². The second-order valence-corrected chi connectivity index (χ2v) is 5.63. The number of rotatable bonds is 6. The lowest BCUT2D eigenvalue weighted by Gasteiger charge is -2.18. The van der Waals surface area contributed by atoms with Gasteiger partial charge in [0.1, 0.15) is 0 Å². The second-order valence-electron chi connectivity index (χ2n) is 4.97. The lowest BCUT2D eigenvalue weighted by Crippen LogP contribution is -2.14. The summed E-state index contributed by atoms with van der Waals surface area (Å²) in [4.78, 5) is 11.9. The molecule has 1 aromatic carbocycles. The van der Waals surface area contributed by atoms with Crippen molar-refractivity contribution in [2.75, 3.05) is 0 Å². The van der Waals surface area contributed by atoms with Crippen molar-refractivity contribution in [3.05, 3.63) is 23.8 Å². The van der Waals surface area contributed by atoms with Gasteiger partial charge in [-0.05, 0) is 52.8 Å². The lowest BCUT2D eigenvalue weighted by atomic mass is 10.1. The molecule has 0 aromatic heterocycles. The van der Waals surface area contributed by atoms with Gasteiger partial charge in [0.25, 0.3) is 0 Å². The Morgan fingerprint density at radius 2 is 1.53 bits per heavy atom. The van der Waals surface area contributed by atoms with E-state index in [-0.39, 0.29) is 18.0 Å². The molecule has 0 aliphatic carbocycles. The molecule has 0 aliphatic rings. The van der Waals surface area contributed by atoms with E-state index in [0.29, 0.717) is 17.1 Å². The minimum Gasteiger partial charge on any atom is -0.487 e. The van der Waals surface area contributed by atoms with Gasteiger partial charge in [-0.2, -0.15) is 0 Å². The highest BCUT2D eigenvalue weighted by atomic mass is 35.5. The maximum Gasteiger partial charge on any atom is 0.180 e. The topological polar surface area (TPSA) is 35.5 Å². The third-order valence-electron chi connectivity index (χ3n) is 2.31. The lowest BCUT2D eigenvalue weighted by molar-refractivity contribution is 0.0991. The zero-order chi connectivity index (χ0) is 14.6. The molecule has 0 N–H and O–H groups in total. The molecule has 0 amide bonds. The monoisotopic (exact) mass is 284 g/mol. The van der Waals surface area contributed by atoms with Crippen molar-refractivity contribution in [1.82, 2.24) is 0 Å². The largest absolute Gasteiger partial charge is 0.487 e. The van der Waals surface area contributed by atoms with E-state index in [2.05, 4.69) is 0 Å². The van der Waals surface area contributed by atoms with Gasteiger partial charge in [0.15, 0.2) is 17.3 Å². The van der Waals surface area contributed by atoms with Gasteiger partial charge in [0.05, 0.1) is 17.6 Å². The van der Waals surface area contributed by atoms with Gasteiger partial charge in [-0.25, -0.2) is 0 Å². The number of carbonyl (C=O) groups is 1. The summed E-state index contributed by atoms with van der Waals surface area (Å²) in [5.74, 6) is 1.10. The van der Waals surface area contributed by atoms with Crippen molar-refractivity contribution in [2.24, 2.45) is 0 Å². The second kappa shape index (κ2) is 6.80. The van der Waals surface area contributed by atoms with Crippen LogP contribution in [0.15, 0.2) is 18.2 Å². The number of hydrogen-bond donors (Lipinski definition) is 0. The molecule has 1 atom stereocenters. The Bertz CT molecular complexity index is 439. The Kier molecular flexibility index (Phi) is 5.67. The molecule has 0 aliphatic heterocycles. The summed E-state index contributed by atoms with van der Waals surface area (Å²) in [5.41, 5.74) is 0.536. The van der Waals surface area contributed by atoms with Crippen molar-refractivity contribution < 1.29 is 14.3 Å². The number of benzene rings is 1. The molecule has 0 bridgehead atoms. The minimum atomic E-state index is -0.552. The number of carbonyl (C=O) groups excluding carboxylic acids is 1. The molecule has 4 heteroatoms. The van der Waals surface area contributed by atoms with Gasteiger partial charge >= 0.3 is 0 Å². The first-order chi connectivity index (χ1) is 8.81. The van der Waals surface area contributed by atoms with Crippen LogP contribution in [0.1, 0.15) is 45.0 Å². The van der Waals surface area contributed by atoms with Gasteiger partial charge in [-0.3, -0.25) is 4.79 Å². The molecular formula is C15H21ClO3. The normalized spacial score (nSPS) is 12.6. The highest BCUT2D eigenvalue weighted by Gasteiger charge is 2.16. The maximum absolute atomic E-state index is 11.9. The standard InChI is InChI=1S/C15H21ClO3/c1-9(2)18-13-7-6-12(15(17)11(5)16)8-14(13)19-10(3)4/h6-11H,1-5H3. The van der Waals surface area contributed by atoms with E-state index in [0.717, 1.165) is 0 Å². The van der Waals surface area contributed by atoms with E-state index >= 15 is 0 Å². The highest BCUT2D eigenvalue weighted by Crippen LogP contribution is 2.31.